The molecule has 5 heteroatoms. The third-order valence-electron chi connectivity index (χ3n) is 2.98. The van der Waals surface area contributed by atoms with Gasteiger partial charge >= 0.3 is 0 Å². The third kappa shape index (κ3) is 4.18. The lowest BCUT2D eigenvalue weighted by Gasteiger charge is -2.18. The first kappa shape index (κ1) is 13.0. The molecule has 0 unspecified atom stereocenters. The zero-order chi connectivity index (χ0) is 12.0. The number of carbonyl (C=O) groups excluding carboxylic acids is 2. The fourth-order valence-corrected chi connectivity index (χ4v) is 1.88. The summed E-state index contributed by atoms with van der Waals surface area (Å²) in [6.45, 7) is 0.458. The van der Waals surface area contributed by atoms with Crippen molar-refractivity contribution in [3.63, 3.8) is 0 Å². The van der Waals surface area contributed by atoms with Crippen molar-refractivity contribution in [2.75, 3.05) is 27.2 Å². The SMILES string of the molecule is CNC(=O)CN(C)C(=O)CNC1CCCC1. The number of nitrogens with zero attached hydrogens (tertiary/aromatic N) is 1. The van der Waals surface area contributed by atoms with Crippen LogP contribution in [0.15, 0.2) is 0 Å². The Bertz CT molecular complexity index is 250. The summed E-state index contributed by atoms with van der Waals surface area (Å²) < 4.78 is 0. The minimum atomic E-state index is -0.142. The fraction of sp³-hybridized carbons (Fsp3) is 0.818. The Morgan fingerprint density at radius 1 is 1.31 bits per heavy atom. The van der Waals surface area contributed by atoms with Crippen LogP contribution < -0.4 is 10.6 Å². The van der Waals surface area contributed by atoms with Crippen molar-refractivity contribution in [1.29, 1.82) is 0 Å². The molecule has 1 rings (SSSR count). The van der Waals surface area contributed by atoms with E-state index in [1.165, 1.54) is 17.7 Å². The van der Waals surface area contributed by atoms with Gasteiger partial charge in [-0.05, 0) is 12.8 Å². The van der Waals surface area contributed by atoms with Crippen LogP contribution >= 0.6 is 0 Å². The summed E-state index contributed by atoms with van der Waals surface area (Å²) in [6.07, 6.45) is 4.82. The molecular formula is C11H21N3O2. The first-order chi connectivity index (χ1) is 7.63. The molecule has 5 nitrogen and oxygen atoms in total. The standard InChI is InChI=1S/C11H21N3O2/c1-12-10(15)8-14(2)11(16)7-13-9-5-3-4-6-9/h9,13H,3-8H2,1-2H3,(H,12,15). The van der Waals surface area contributed by atoms with E-state index in [0.717, 1.165) is 12.8 Å². The van der Waals surface area contributed by atoms with Gasteiger partial charge in [-0.2, -0.15) is 0 Å². The molecule has 0 saturated heterocycles. The van der Waals surface area contributed by atoms with E-state index >= 15 is 0 Å². The van der Waals surface area contributed by atoms with Gasteiger partial charge in [0, 0.05) is 20.1 Å². The van der Waals surface area contributed by atoms with E-state index < -0.39 is 0 Å². The summed E-state index contributed by atoms with van der Waals surface area (Å²) in [7, 11) is 3.21. The number of amides is 2. The zero-order valence-electron chi connectivity index (χ0n) is 10.1. The molecule has 1 saturated carbocycles. The highest BCUT2D eigenvalue weighted by Crippen LogP contribution is 2.17. The van der Waals surface area contributed by atoms with Crippen molar-refractivity contribution >= 4 is 11.8 Å². The summed E-state index contributed by atoms with van der Waals surface area (Å²) in [6, 6.07) is 0.484. The lowest BCUT2D eigenvalue weighted by Crippen LogP contribution is -2.43. The smallest absolute Gasteiger partial charge is 0.239 e. The van der Waals surface area contributed by atoms with Gasteiger partial charge in [-0.25, -0.2) is 0 Å². The van der Waals surface area contributed by atoms with E-state index in [-0.39, 0.29) is 18.4 Å². The van der Waals surface area contributed by atoms with E-state index in [2.05, 4.69) is 10.6 Å². The van der Waals surface area contributed by atoms with Crippen molar-refractivity contribution in [1.82, 2.24) is 15.5 Å². The molecule has 16 heavy (non-hydrogen) atoms. The molecule has 1 fully saturated rings. The summed E-state index contributed by atoms with van der Waals surface area (Å²) in [5, 5.41) is 5.73. The molecule has 0 spiro atoms. The predicted molar refractivity (Wildman–Crippen MR) is 62.0 cm³/mol. The van der Waals surface area contributed by atoms with Crippen LogP contribution in [-0.4, -0.2) is 49.9 Å². The van der Waals surface area contributed by atoms with E-state index in [1.807, 2.05) is 0 Å². The van der Waals surface area contributed by atoms with Gasteiger partial charge in [-0.1, -0.05) is 12.8 Å². The molecule has 1 aliphatic rings. The second-order valence-corrected chi connectivity index (χ2v) is 4.29. The molecule has 0 radical (unpaired) electrons. The average molecular weight is 227 g/mol. The molecule has 92 valence electrons. The molecule has 0 aliphatic heterocycles. The second-order valence-electron chi connectivity index (χ2n) is 4.29. The van der Waals surface area contributed by atoms with Crippen LogP contribution in [0, 0.1) is 0 Å². The van der Waals surface area contributed by atoms with Gasteiger partial charge in [0.2, 0.25) is 11.8 Å². The molecule has 1 aliphatic carbocycles. The van der Waals surface area contributed by atoms with Crippen LogP contribution in [0.1, 0.15) is 25.7 Å². The van der Waals surface area contributed by atoms with E-state index in [4.69, 9.17) is 0 Å². The second kappa shape index (κ2) is 6.48. The lowest BCUT2D eigenvalue weighted by molar-refractivity contribution is -0.133. The largest absolute Gasteiger partial charge is 0.358 e. The Morgan fingerprint density at radius 2 is 1.94 bits per heavy atom. The van der Waals surface area contributed by atoms with Crippen LogP contribution in [0.25, 0.3) is 0 Å². The topological polar surface area (TPSA) is 61.4 Å². The number of hydrogen-bond acceptors (Lipinski definition) is 3. The van der Waals surface area contributed by atoms with Crippen LogP contribution in [0.2, 0.25) is 0 Å². The van der Waals surface area contributed by atoms with Gasteiger partial charge < -0.3 is 15.5 Å². The van der Waals surface area contributed by atoms with Gasteiger partial charge in [0.1, 0.15) is 0 Å². The number of hydrogen-bond donors (Lipinski definition) is 2. The highest BCUT2D eigenvalue weighted by atomic mass is 16.2. The summed E-state index contributed by atoms with van der Waals surface area (Å²) >= 11 is 0. The monoisotopic (exact) mass is 227 g/mol. The van der Waals surface area contributed by atoms with E-state index in [0.29, 0.717) is 12.6 Å². The minimum absolute atomic E-state index is 0.0319. The molecule has 0 bridgehead atoms. The van der Waals surface area contributed by atoms with Gasteiger partial charge in [0.05, 0.1) is 13.1 Å². The fourth-order valence-electron chi connectivity index (χ4n) is 1.88. The van der Waals surface area contributed by atoms with Crippen LogP contribution in [0.5, 0.6) is 0 Å². The normalized spacial score (nSPS) is 16.1. The van der Waals surface area contributed by atoms with Crippen LogP contribution in [0.4, 0.5) is 0 Å². The van der Waals surface area contributed by atoms with Gasteiger partial charge in [0.15, 0.2) is 0 Å². The highest BCUT2D eigenvalue weighted by Gasteiger charge is 2.17. The lowest BCUT2D eigenvalue weighted by atomic mass is 10.2. The third-order valence-corrected chi connectivity index (χ3v) is 2.98. The Morgan fingerprint density at radius 3 is 2.50 bits per heavy atom. The molecule has 2 amide bonds. The van der Waals surface area contributed by atoms with Gasteiger partial charge in [0.25, 0.3) is 0 Å². The molecule has 0 atom stereocenters. The van der Waals surface area contributed by atoms with E-state index in [1.54, 1.807) is 14.1 Å². The number of rotatable bonds is 5. The minimum Gasteiger partial charge on any atom is -0.358 e. The maximum absolute atomic E-state index is 11.6. The molecular weight excluding hydrogens is 206 g/mol. The summed E-state index contributed by atoms with van der Waals surface area (Å²) in [5.74, 6) is -0.174. The molecule has 0 aromatic heterocycles. The molecule has 2 N–H and O–H groups in total. The summed E-state index contributed by atoms with van der Waals surface area (Å²) in [4.78, 5) is 24.1. The Kier molecular flexibility index (Phi) is 5.25. The quantitative estimate of drug-likeness (QED) is 0.679. The van der Waals surface area contributed by atoms with Crippen molar-refractivity contribution in [3.8, 4) is 0 Å². The molecule has 0 aromatic carbocycles. The maximum atomic E-state index is 11.6. The summed E-state index contributed by atoms with van der Waals surface area (Å²) in [5.41, 5.74) is 0. The van der Waals surface area contributed by atoms with Crippen molar-refractivity contribution in [2.45, 2.75) is 31.7 Å². The average Bonchev–Trinajstić information content (AvgIpc) is 2.78. The van der Waals surface area contributed by atoms with E-state index in [9.17, 15) is 9.59 Å². The zero-order valence-corrected chi connectivity index (χ0v) is 10.1. The number of likely N-dealkylation sites (N-methyl/N-ethyl adjacent to an activating group) is 2. The maximum Gasteiger partial charge on any atom is 0.239 e. The van der Waals surface area contributed by atoms with Crippen molar-refractivity contribution in [3.05, 3.63) is 0 Å². The first-order valence-corrected chi connectivity index (χ1v) is 5.81. The van der Waals surface area contributed by atoms with Gasteiger partial charge in [-0.15, -0.1) is 0 Å². The Balaban J connectivity index is 2.20. The molecule has 0 aromatic rings. The van der Waals surface area contributed by atoms with Gasteiger partial charge in [-0.3, -0.25) is 9.59 Å². The Hall–Kier alpha value is -1.10. The van der Waals surface area contributed by atoms with Crippen molar-refractivity contribution < 1.29 is 9.59 Å². The van der Waals surface area contributed by atoms with Crippen LogP contribution in [-0.2, 0) is 9.59 Å². The number of carbonyl (C=O) groups is 2. The highest BCUT2D eigenvalue weighted by molar-refractivity contribution is 5.85. The van der Waals surface area contributed by atoms with Crippen molar-refractivity contribution in [2.24, 2.45) is 0 Å². The Labute approximate surface area is 96.6 Å². The van der Waals surface area contributed by atoms with Crippen LogP contribution in [0.3, 0.4) is 0 Å². The first-order valence-electron chi connectivity index (χ1n) is 5.81. The number of nitrogens with one attached hydrogen (secondary N) is 2. The molecule has 0 heterocycles. The predicted octanol–water partition coefficient (Wildman–Crippen LogP) is -0.277.